The number of anilines is 1. The fraction of sp³-hybridized carbons (Fsp3) is 0.591. The second kappa shape index (κ2) is 7.49. The smallest absolute Gasteiger partial charge is 0.338 e. The molecule has 2 amide bonds. The molecule has 0 spiro atoms. The topological polar surface area (TPSA) is 63.7 Å². The molecule has 1 aliphatic heterocycles. The molecule has 3 aliphatic carbocycles. The van der Waals surface area contributed by atoms with E-state index in [0.29, 0.717) is 11.3 Å². The Morgan fingerprint density at radius 3 is 2.21 bits per heavy atom. The molecule has 6 atom stereocenters. The quantitative estimate of drug-likeness (QED) is 0.333. The number of ether oxygens (including phenoxy) is 1. The van der Waals surface area contributed by atoms with Gasteiger partial charge < -0.3 is 4.74 Å². The standard InChI is InChI=1S/C22H23Br2NO4/c23-18-14-10-15(19(18)24)17-16(14)20(26)25(21(17)27)12-6-4-5-11(9-12)22(28)29-13-7-2-1-3-8-13/h4-6,9,13-19H,1-3,7-8,10H2/t14-,15-,16-,17+,18-,19+/m0/s1. The SMILES string of the molecule is O=C(OC1CCCCC1)c1cccc(N2C(=O)[C@@H]3[C@@H]4C[C@H]([C@H](Br)[C@@H]4Br)[C@@H]3C2=O)c1. The number of nitrogens with zero attached hydrogens (tertiary/aromatic N) is 1. The van der Waals surface area contributed by atoms with Crippen molar-refractivity contribution in [3.63, 3.8) is 0 Å². The third-order valence-corrected chi connectivity index (χ3v) is 10.4. The van der Waals surface area contributed by atoms with E-state index in [9.17, 15) is 14.4 Å². The fourth-order valence-electron chi connectivity index (χ4n) is 5.78. The number of carbonyl (C=O) groups is 3. The molecule has 5 rings (SSSR count). The summed E-state index contributed by atoms with van der Waals surface area (Å²) in [5, 5.41) is 0. The third-order valence-electron chi connectivity index (χ3n) is 7.15. The van der Waals surface area contributed by atoms with Crippen LogP contribution in [0, 0.1) is 23.7 Å². The van der Waals surface area contributed by atoms with Gasteiger partial charge in [0.2, 0.25) is 11.8 Å². The third kappa shape index (κ3) is 3.11. The van der Waals surface area contributed by atoms with Crippen molar-refractivity contribution < 1.29 is 19.1 Å². The van der Waals surface area contributed by atoms with Crippen LogP contribution in [0.15, 0.2) is 24.3 Å². The van der Waals surface area contributed by atoms with Gasteiger partial charge in [0.15, 0.2) is 0 Å². The predicted molar refractivity (Wildman–Crippen MR) is 115 cm³/mol. The minimum atomic E-state index is -0.376. The van der Waals surface area contributed by atoms with Crippen LogP contribution in [-0.4, -0.2) is 33.5 Å². The molecular formula is C22H23Br2NO4. The molecule has 154 valence electrons. The molecule has 29 heavy (non-hydrogen) atoms. The van der Waals surface area contributed by atoms with Gasteiger partial charge in [-0.25, -0.2) is 4.79 Å². The van der Waals surface area contributed by atoms with E-state index in [2.05, 4.69) is 31.9 Å². The molecule has 4 fully saturated rings. The zero-order chi connectivity index (χ0) is 20.3. The second-order valence-corrected chi connectivity index (χ2v) is 10.8. The van der Waals surface area contributed by atoms with Crippen molar-refractivity contribution >= 4 is 55.3 Å². The summed E-state index contributed by atoms with van der Waals surface area (Å²) in [6.45, 7) is 0. The highest BCUT2D eigenvalue weighted by atomic mass is 79.9. The number of halogens is 2. The first-order valence-corrected chi connectivity index (χ1v) is 12.3. The molecule has 7 heteroatoms. The number of rotatable bonds is 3. The van der Waals surface area contributed by atoms with Gasteiger partial charge in [-0.1, -0.05) is 44.3 Å². The van der Waals surface area contributed by atoms with Crippen LogP contribution in [0.1, 0.15) is 48.9 Å². The number of fused-ring (bicyclic) bond motifs is 5. The number of imide groups is 1. The minimum absolute atomic E-state index is 0.0309. The van der Waals surface area contributed by atoms with Gasteiger partial charge in [0.25, 0.3) is 0 Å². The van der Waals surface area contributed by atoms with E-state index in [0.717, 1.165) is 32.1 Å². The number of hydrogen-bond acceptors (Lipinski definition) is 4. The van der Waals surface area contributed by atoms with Crippen LogP contribution >= 0.6 is 31.9 Å². The van der Waals surface area contributed by atoms with E-state index in [1.165, 1.54) is 11.3 Å². The normalized spacial score (nSPS) is 36.6. The Hall–Kier alpha value is -1.21. The minimum Gasteiger partial charge on any atom is -0.459 e. The first-order valence-electron chi connectivity index (χ1n) is 10.4. The number of alkyl halides is 2. The number of esters is 1. The van der Waals surface area contributed by atoms with E-state index in [-0.39, 0.29) is 57.2 Å². The highest BCUT2D eigenvalue weighted by Crippen LogP contribution is 2.60. The van der Waals surface area contributed by atoms with Crippen LogP contribution in [0.5, 0.6) is 0 Å². The summed E-state index contributed by atoms with van der Waals surface area (Å²) in [6, 6.07) is 6.76. The molecule has 1 aromatic carbocycles. The van der Waals surface area contributed by atoms with Gasteiger partial charge >= 0.3 is 5.97 Å². The maximum absolute atomic E-state index is 13.2. The van der Waals surface area contributed by atoms with Gasteiger partial charge in [-0.3, -0.25) is 14.5 Å². The van der Waals surface area contributed by atoms with E-state index in [1.807, 2.05) is 0 Å². The highest BCUT2D eigenvalue weighted by Gasteiger charge is 2.66. The summed E-state index contributed by atoms with van der Waals surface area (Å²) in [6.07, 6.45) is 6.05. The van der Waals surface area contributed by atoms with Crippen LogP contribution in [0.4, 0.5) is 5.69 Å². The molecule has 0 aromatic heterocycles. The van der Waals surface area contributed by atoms with Crippen molar-refractivity contribution in [2.24, 2.45) is 23.7 Å². The number of benzene rings is 1. The Balaban J connectivity index is 1.38. The highest BCUT2D eigenvalue weighted by molar-refractivity contribution is 9.12. The van der Waals surface area contributed by atoms with E-state index in [1.54, 1.807) is 24.3 Å². The Morgan fingerprint density at radius 2 is 1.59 bits per heavy atom. The molecule has 5 nitrogen and oxygen atoms in total. The zero-order valence-corrected chi connectivity index (χ0v) is 19.1. The zero-order valence-electron chi connectivity index (χ0n) is 15.9. The first kappa shape index (κ1) is 19.7. The molecule has 4 aliphatic rings. The maximum atomic E-state index is 13.2. The second-order valence-electron chi connectivity index (χ2n) is 8.73. The fourth-order valence-corrected chi connectivity index (χ4v) is 7.65. The summed E-state index contributed by atoms with van der Waals surface area (Å²) in [5.74, 6) is -0.806. The first-order chi connectivity index (χ1) is 14.0. The molecular weight excluding hydrogens is 502 g/mol. The van der Waals surface area contributed by atoms with Crippen LogP contribution in [0.25, 0.3) is 0 Å². The van der Waals surface area contributed by atoms with Crippen LogP contribution in [-0.2, 0) is 14.3 Å². The average molecular weight is 525 g/mol. The van der Waals surface area contributed by atoms with Crippen molar-refractivity contribution in [3.05, 3.63) is 29.8 Å². The molecule has 0 radical (unpaired) electrons. The molecule has 1 aromatic rings. The van der Waals surface area contributed by atoms with Crippen molar-refractivity contribution in [3.8, 4) is 0 Å². The lowest BCUT2D eigenvalue weighted by molar-refractivity contribution is -0.123. The van der Waals surface area contributed by atoms with Crippen molar-refractivity contribution in [1.29, 1.82) is 0 Å². The van der Waals surface area contributed by atoms with Gasteiger partial charge in [-0.05, 0) is 62.1 Å². The van der Waals surface area contributed by atoms with E-state index in [4.69, 9.17) is 4.74 Å². The van der Waals surface area contributed by atoms with Crippen LogP contribution in [0.2, 0.25) is 0 Å². The summed E-state index contributed by atoms with van der Waals surface area (Å²) >= 11 is 7.42. The van der Waals surface area contributed by atoms with Crippen LogP contribution < -0.4 is 4.90 Å². The lowest BCUT2D eigenvalue weighted by Crippen LogP contribution is -2.37. The van der Waals surface area contributed by atoms with E-state index < -0.39 is 0 Å². The molecule has 0 unspecified atom stereocenters. The van der Waals surface area contributed by atoms with Crippen molar-refractivity contribution in [1.82, 2.24) is 0 Å². The molecule has 3 saturated carbocycles. The van der Waals surface area contributed by atoms with Gasteiger partial charge in [-0.15, -0.1) is 0 Å². The Kier molecular flexibility index (Phi) is 5.09. The van der Waals surface area contributed by atoms with Gasteiger partial charge in [0, 0.05) is 9.65 Å². The number of carbonyl (C=O) groups excluding carboxylic acids is 3. The lowest BCUT2D eigenvalue weighted by atomic mass is 9.81. The van der Waals surface area contributed by atoms with Gasteiger partial charge in [0.1, 0.15) is 6.10 Å². The van der Waals surface area contributed by atoms with Gasteiger partial charge in [0.05, 0.1) is 23.1 Å². The Labute approximate surface area is 186 Å². The monoisotopic (exact) mass is 523 g/mol. The summed E-state index contributed by atoms with van der Waals surface area (Å²) in [5.41, 5.74) is 0.870. The number of amides is 2. The average Bonchev–Trinajstić information content (AvgIpc) is 3.33. The summed E-state index contributed by atoms with van der Waals surface area (Å²) in [7, 11) is 0. The maximum Gasteiger partial charge on any atom is 0.338 e. The predicted octanol–water partition coefficient (Wildman–Crippen LogP) is 4.46. The van der Waals surface area contributed by atoms with Crippen LogP contribution in [0.3, 0.4) is 0 Å². The molecule has 1 heterocycles. The molecule has 0 N–H and O–H groups in total. The number of hydrogen-bond donors (Lipinski definition) is 0. The van der Waals surface area contributed by atoms with E-state index >= 15 is 0 Å². The lowest BCUT2D eigenvalue weighted by Gasteiger charge is -2.28. The largest absolute Gasteiger partial charge is 0.459 e. The van der Waals surface area contributed by atoms with Gasteiger partial charge in [-0.2, -0.15) is 0 Å². The summed E-state index contributed by atoms with van der Waals surface area (Å²) < 4.78 is 5.66. The molecule has 1 saturated heterocycles. The Morgan fingerprint density at radius 1 is 0.966 bits per heavy atom. The van der Waals surface area contributed by atoms with Crippen molar-refractivity contribution in [2.45, 2.75) is 54.3 Å². The van der Waals surface area contributed by atoms with Crippen molar-refractivity contribution in [2.75, 3.05) is 4.90 Å². The molecule has 2 bridgehead atoms. The Bertz CT molecular complexity index is 836. The summed E-state index contributed by atoms with van der Waals surface area (Å²) in [4.78, 5) is 40.7.